The maximum absolute atomic E-state index is 5.74. The molecule has 0 aliphatic carbocycles. The average molecular weight is 254 g/mol. The minimum Gasteiger partial charge on any atom is -0.368 e. The van der Waals surface area contributed by atoms with Crippen molar-refractivity contribution in [2.75, 3.05) is 5.73 Å². The maximum atomic E-state index is 5.74. The van der Waals surface area contributed by atoms with Gasteiger partial charge in [-0.05, 0) is 6.92 Å². The number of nitrogens with zero attached hydrogens (tertiary/aromatic N) is 5. The van der Waals surface area contributed by atoms with Crippen molar-refractivity contribution >= 4 is 23.1 Å². The summed E-state index contributed by atoms with van der Waals surface area (Å²) in [5.41, 5.74) is 8.45. The molecule has 2 aromatic heterocycles. The van der Waals surface area contributed by atoms with E-state index in [4.69, 9.17) is 5.73 Å². The SMILES string of the molecule is Cc1cn(N=Cc2cccc3cn(C)nc23)c(N)n1. The van der Waals surface area contributed by atoms with Crippen molar-refractivity contribution in [2.24, 2.45) is 12.1 Å². The van der Waals surface area contributed by atoms with Gasteiger partial charge in [-0.25, -0.2) is 9.66 Å². The van der Waals surface area contributed by atoms with E-state index in [9.17, 15) is 0 Å². The van der Waals surface area contributed by atoms with Gasteiger partial charge in [-0.15, -0.1) is 0 Å². The first-order chi connectivity index (χ1) is 9.13. The minimum absolute atomic E-state index is 0.377. The lowest BCUT2D eigenvalue weighted by molar-refractivity contribution is 0.779. The molecular weight excluding hydrogens is 240 g/mol. The van der Waals surface area contributed by atoms with Crippen LogP contribution in [0.15, 0.2) is 35.7 Å². The largest absolute Gasteiger partial charge is 0.368 e. The van der Waals surface area contributed by atoms with Crippen LogP contribution in [0.4, 0.5) is 5.95 Å². The van der Waals surface area contributed by atoms with Gasteiger partial charge in [-0.1, -0.05) is 18.2 Å². The van der Waals surface area contributed by atoms with Gasteiger partial charge in [0, 0.05) is 24.2 Å². The van der Waals surface area contributed by atoms with Gasteiger partial charge in [-0.3, -0.25) is 4.68 Å². The summed E-state index contributed by atoms with van der Waals surface area (Å²) in [7, 11) is 1.90. The van der Waals surface area contributed by atoms with Crippen molar-refractivity contribution in [3.8, 4) is 0 Å². The molecule has 0 aliphatic heterocycles. The van der Waals surface area contributed by atoms with Gasteiger partial charge in [0.1, 0.15) is 5.52 Å². The summed E-state index contributed by atoms with van der Waals surface area (Å²) in [6, 6.07) is 5.97. The molecular formula is C13H14N6. The monoisotopic (exact) mass is 254 g/mol. The second-order valence-corrected chi connectivity index (χ2v) is 4.42. The summed E-state index contributed by atoms with van der Waals surface area (Å²) in [4.78, 5) is 4.10. The fourth-order valence-corrected chi connectivity index (χ4v) is 2.01. The van der Waals surface area contributed by atoms with Crippen molar-refractivity contribution in [3.63, 3.8) is 0 Å². The molecule has 3 rings (SSSR count). The molecule has 0 fully saturated rings. The van der Waals surface area contributed by atoms with Gasteiger partial charge in [-0.2, -0.15) is 10.2 Å². The Morgan fingerprint density at radius 3 is 2.89 bits per heavy atom. The molecule has 0 unspecified atom stereocenters. The Hall–Kier alpha value is -2.63. The first-order valence-corrected chi connectivity index (χ1v) is 5.91. The zero-order valence-electron chi connectivity index (χ0n) is 10.8. The number of hydrogen-bond donors (Lipinski definition) is 1. The Kier molecular flexibility index (Phi) is 2.56. The lowest BCUT2D eigenvalue weighted by Crippen LogP contribution is -1.97. The highest BCUT2D eigenvalue weighted by Gasteiger charge is 2.03. The Bertz CT molecular complexity index is 765. The molecule has 6 nitrogen and oxygen atoms in total. The Morgan fingerprint density at radius 1 is 1.32 bits per heavy atom. The zero-order valence-corrected chi connectivity index (χ0v) is 10.8. The maximum Gasteiger partial charge on any atom is 0.221 e. The summed E-state index contributed by atoms with van der Waals surface area (Å²) < 4.78 is 3.34. The third-order valence-electron chi connectivity index (χ3n) is 2.84. The van der Waals surface area contributed by atoms with E-state index in [2.05, 4.69) is 15.2 Å². The van der Waals surface area contributed by atoms with Crippen molar-refractivity contribution in [1.82, 2.24) is 19.4 Å². The van der Waals surface area contributed by atoms with Crippen LogP contribution in [0.2, 0.25) is 0 Å². The molecule has 19 heavy (non-hydrogen) atoms. The van der Waals surface area contributed by atoms with Crippen LogP contribution in [0.25, 0.3) is 10.9 Å². The highest BCUT2D eigenvalue weighted by Crippen LogP contribution is 2.15. The number of rotatable bonds is 2. The van der Waals surface area contributed by atoms with Crippen LogP contribution in [0, 0.1) is 6.92 Å². The van der Waals surface area contributed by atoms with E-state index < -0.39 is 0 Å². The predicted octanol–water partition coefficient (Wildman–Crippen LogP) is 1.54. The van der Waals surface area contributed by atoms with Crippen LogP contribution in [0.1, 0.15) is 11.3 Å². The lowest BCUT2D eigenvalue weighted by Gasteiger charge is -1.96. The summed E-state index contributed by atoms with van der Waals surface area (Å²) in [5.74, 6) is 0.377. The molecule has 0 spiro atoms. The van der Waals surface area contributed by atoms with E-state index in [1.165, 1.54) is 0 Å². The number of nitrogen functional groups attached to an aromatic ring is 1. The Morgan fingerprint density at radius 2 is 2.16 bits per heavy atom. The molecule has 0 saturated heterocycles. The van der Waals surface area contributed by atoms with Gasteiger partial charge in [0.15, 0.2) is 0 Å². The smallest absolute Gasteiger partial charge is 0.221 e. The van der Waals surface area contributed by atoms with Gasteiger partial charge in [0.25, 0.3) is 0 Å². The molecule has 0 amide bonds. The Balaban J connectivity index is 2.03. The van der Waals surface area contributed by atoms with Gasteiger partial charge < -0.3 is 5.73 Å². The third-order valence-corrected chi connectivity index (χ3v) is 2.84. The summed E-state index contributed by atoms with van der Waals surface area (Å²) in [6.45, 7) is 1.88. The van der Waals surface area contributed by atoms with E-state index in [1.807, 2.05) is 38.4 Å². The van der Waals surface area contributed by atoms with E-state index in [0.29, 0.717) is 5.95 Å². The molecule has 6 heteroatoms. The van der Waals surface area contributed by atoms with Gasteiger partial charge in [0.2, 0.25) is 5.95 Å². The number of nitrogens with two attached hydrogens (primary N) is 1. The second kappa shape index (κ2) is 4.24. The third kappa shape index (κ3) is 2.08. The van der Waals surface area contributed by atoms with Crippen LogP contribution in [-0.2, 0) is 7.05 Å². The van der Waals surface area contributed by atoms with Crippen molar-refractivity contribution < 1.29 is 0 Å². The van der Waals surface area contributed by atoms with Gasteiger partial charge in [0.05, 0.1) is 18.1 Å². The van der Waals surface area contributed by atoms with Crippen molar-refractivity contribution in [3.05, 3.63) is 41.9 Å². The fraction of sp³-hybridized carbons (Fsp3) is 0.154. The molecule has 0 saturated carbocycles. The molecule has 2 N–H and O–H groups in total. The quantitative estimate of drug-likeness (QED) is 0.705. The molecule has 0 radical (unpaired) electrons. The lowest BCUT2D eigenvalue weighted by atomic mass is 10.2. The zero-order chi connectivity index (χ0) is 13.4. The molecule has 0 atom stereocenters. The molecule has 1 aromatic carbocycles. The summed E-state index contributed by atoms with van der Waals surface area (Å²) >= 11 is 0. The van der Waals surface area contributed by atoms with Crippen LogP contribution >= 0.6 is 0 Å². The first-order valence-electron chi connectivity index (χ1n) is 5.91. The Labute approximate surface area is 110 Å². The van der Waals surface area contributed by atoms with E-state index >= 15 is 0 Å². The van der Waals surface area contributed by atoms with E-state index in [0.717, 1.165) is 22.2 Å². The van der Waals surface area contributed by atoms with E-state index in [1.54, 1.807) is 21.8 Å². The van der Waals surface area contributed by atoms with Crippen LogP contribution in [0.5, 0.6) is 0 Å². The average Bonchev–Trinajstić information content (AvgIpc) is 2.88. The normalized spacial score (nSPS) is 11.7. The van der Waals surface area contributed by atoms with Crippen LogP contribution in [-0.4, -0.2) is 25.7 Å². The summed E-state index contributed by atoms with van der Waals surface area (Å²) in [5, 5.41) is 9.82. The number of fused-ring (bicyclic) bond motifs is 1. The predicted molar refractivity (Wildman–Crippen MR) is 75.1 cm³/mol. The number of anilines is 1. The van der Waals surface area contributed by atoms with Gasteiger partial charge >= 0.3 is 0 Å². The fourth-order valence-electron chi connectivity index (χ4n) is 2.01. The van der Waals surface area contributed by atoms with Crippen LogP contribution in [0.3, 0.4) is 0 Å². The van der Waals surface area contributed by atoms with Crippen molar-refractivity contribution in [2.45, 2.75) is 6.92 Å². The molecule has 0 aliphatic rings. The number of aromatic nitrogens is 4. The van der Waals surface area contributed by atoms with E-state index in [-0.39, 0.29) is 0 Å². The number of hydrogen-bond acceptors (Lipinski definition) is 4. The first kappa shape index (κ1) is 11.5. The standard InChI is InChI=1S/C13H14N6/c1-9-7-19(13(14)16-9)15-6-10-4-3-5-11-8-18(2)17-12(10)11/h3-8H,1-2H3,(H2,14,16). The second-order valence-electron chi connectivity index (χ2n) is 4.42. The summed E-state index contributed by atoms with van der Waals surface area (Å²) in [6.07, 6.45) is 5.50. The number of benzene rings is 1. The molecule has 2 heterocycles. The topological polar surface area (TPSA) is 74.0 Å². The minimum atomic E-state index is 0.377. The molecule has 96 valence electrons. The molecule has 0 bridgehead atoms. The molecule has 3 aromatic rings. The highest BCUT2D eigenvalue weighted by molar-refractivity contribution is 5.97. The number of aryl methyl sites for hydroxylation is 2. The van der Waals surface area contributed by atoms with Crippen molar-refractivity contribution in [1.29, 1.82) is 0 Å². The van der Waals surface area contributed by atoms with Crippen LogP contribution < -0.4 is 5.73 Å². The number of imidazole rings is 1. The highest BCUT2D eigenvalue weighted by atomic mass is 15.4.